The number of hydrogen-bond donors (Lipinski definition) is 1. The molecule has 2 atom stereocenters. The van der Waals surface area contributed by atoms with Crippen molar-refractivity contribution in [2.75, 3.05) is 18.5 Å². The first-order valence-electron chi connectivity index (χ1n) is 9.85. The molecule has 5 nitrogen and oxygen atoms in total. The molecule has 0 unspecified atom stereocenters. The number of carbonyl (C=O) groups is 1. The largest absolute Gasteiger partial charge is 0.486 e. The molecule has 0 bridgehead atoms. The number of nitrogens with zero attached hydrogens (tertiary/aromatic N) is 1. The second-order valence-corrected chi connectivity index (χ2v) is 7.29. The Morgan fingerprint density at radius 3 is 2.48 bits per heavy atom. The zero-order valence-corrected chi connectivity index (χ0v) is 16.2. The van der Waals surface area contributed by atoms with E-state index in [0.29, 0.717) is 24.5 Å². The first kappa shape index (κ1) is 17.6. The van der Waals surface area contributed by atoms with Crippen molar-refractivity contribution in [1.29, 1.82) is 0 Å². The maximum Gasteiger partial charge on any atom is 0.258 e. The van der Waals surface area contributed by atoms with E-state index >= 15 is 0 Å². The van der Waals surface area contributed by atoms with Gasteiger partial charge in [0.1, 0.15) is 19.4 Å². The molecule has 3 aromatic rings. The van der Waals surface area contributed by atoms with Crippen molar-refractivity contribution >= 4 is 11.6 Å². The van der Waals surface area contributed by atoms with Crippen LogP contribution in [0, 0.1) is 0 Å². The molecule has 2 aliphatic heterocycles. The maximum absolute atomic E-state index is 13.5. The number of fused-ring (bicyclic) bond motifs is 2. The summed E-state index contributed by atoms with van der Waals surface area (Å²) in [6.45, 7) is 3.14. The average Bonchev–Trinajstić information content (AvgIpc) is 2.79. The van der Waals surface area contributed by atoms with Crippen LogP contribution in [-0.4, -0.2) is 24.0 Å². The van der Waals surface area contributed by atoms with Gasteiger partial charge < -0.3 is 19.7 Å². The molecular weight excluding hydrogens is 364 g/mol. The number of carbonyl (C=O) groups excluding carboxylic acids is 1. The van der Waals surface area contributed by atoms with Gasteiger partial charge in [0.15, 0.2) is 11.5 Å². The maximum atomic E-state index is 13.5. The highest BCUT2D eigenvalue weighted by Crippen LogP contribution is 2.41. The van der Waals surface area contributed by atoms with Gasteiger partial charge in [-0.3, -0.25) is 4.79 Å². The van der Waals surface area contributed by atoms with Crippen molar-refractivity contribution in [3.05, 3.63) is 89.5 Å². The van der Waals surface area contributed by atoms with Crippen LogP contribution in [0.1, 0.15) is 40.6 Å². The Labute approximate surface area is 169 Å². The zero-order chi connectivity index (χ0) is 19.8. The standard InChI is InChI=1S/C24H22N2O3/c1-16(17-7-3-2-4-8-17)26-23(25-20-10-6-5-9-19(20)24(26)27)18-11-12-21-22(15-18)29-14-13-28-21/h2-12,15-16,23,25H,13-14H2,1H3/t16-,23-/m0/s1. The second-order valence-electron chi connectivity index (χ2n) is 7.29. The second kappa shape index (κ2) is 7.17. The molecule has 5 rings (SSSR count). The lowest BCUT2D eigenvalue weighted by atomic mass is 9.98. The van der Waals surface area contributed by atoms with Gasteiger partial charge in [-0.15, -0.1) is 0 Å². The van der Waals surface area contributed by atoms with Crippen LogP contribution in [0.15, 0.2) is 72.8 Å². The van der Waals surface area contributed by atoms with Gasteiger partial charge in [-0.25, -0.2) is 0 Å². The van der Waals surface area contributed by atoms with Crippen molar-refractivity contribution in [1.82, 2.24) is 4.90 Å². The minimum Gasteiger partial charge on any atom is -0.486 e. The number of amides is 1. The highest BCUT2D eigenvalue weighted by molar-refractivity contribution is 6.02. The van der Waals surface area contributed by atoms with Crippen molar-refractivity contribution in [2.24, 2.45) is 0 Å². The van der Waals surface area contributed by atoms with E-state index in [1.807, 2.05) is 65.6 Å². The van der Waals surface area contributed by atoms with Crippen LogP contribution in [0.3, 0.4) is 0 Å². The first-order valence-corrected chi connectivity index (χ1v) is 9.85. The smallest absolute Gasteiger partial charge is 0.258 e. The predicted molar refractivity (Wildman–Crippen MR) is 111 cm³/mol. The quantitative estimate of drug-likeness (QED) is 0.703. The first-order chi connectivity index (χ1) is 14.2. The third-order valence-electron chi connectivity index (χ3n) is 5.54. The van der Waals surface area contributed by atoms with Gasteiger partial charge in [0.2, 0.25) is 0 Å². The Bertz CT molecular complexity index is 1050. The fraction of sp³-hybridized carbons (Fsp3) is 0.208. The molecule has 0 saturated heterocycles. The normalized spacial score (nSPS) is 18.6. The van der Waals surface area contributed by atoms with Gasteiger partial charge in [-0.2, -0.15) is 0 Å². The van der Waals surface area contributed by atoms with Crippen LogP contribution in [0.25, 0.3) is 0 Å². The highest BCUT2D eigenvalue weighted by atomic mass is 16.6. The van der Waals surface area contributed by atoms with Crippen LogP contribution < -0.4 is 14.8 Å². The number of para-hydroxylation sites is 1. The molecule has 0 aromatic heterocycles. The van der Waals surface area contributed by atoms with Gasteiger partial charge in [0, 0.05) is 5.69 Å². The number of hydrogen-bond acceptors (Lipinski definition) is 4. The summed E-state index contributed by atoms with van der Waals surface area (Å²) in [7, 11) is 0. The predicted octanol–water partition coefficient (Wildman–Crippen LogP) is 4.79. The van der Waals surface area contributed by atoms with Crippen molar-refractivity contribution in [3.8, 4) is 11.5 Å². The molecular formula is C24H22N2O3. The molecule has 1 N–H and O–H groups in total. The molecule has 146 valence electrons. The summed E-state index contributed by atoms with van der Waals surface area (Å²) in [6.07, 6.45) is -0.316. The zero-order valence-electron chi connectivity index (χ0n) is 16.2. The van der Waals surface area contributed by atoms with E-state index < -0.39 is 0 Å². The summed E-state index contributed by atoms with van der Waals surface area (Å²) in [4.78, 5) is 15.4. The lowest BCUT2D eigenvalue weighted by molar-refractivity contribution is 0.0595. The van der Waals surface area contributed by atoms with Gasteiger partial charge in [-0.1, -0.05) is 48.5 Å². The summed E-state index contributed by atoms with van der Waals surface area (Å²) in [5.41, 5.74) is 3.57. The Morgan fingerprint density at radius 2 is 1.66 bits per heavy atom. The summed E-state index contributed by atoms with van der Waals surface area (Å²) in [6, 6.07) is 23.5. The molecule has 3 aromatic carbocycles. The van der Waals surface area contributed by atoms with Crippen molar-refractivity contribution < 1.29 is 14.3 Å². The molecule has 0 aliphatic carbocycles. The Hall–Kier alpha value is -3.47. The number of nitrogens with one attached hydrogen (secondary N) is 1. The number of rotatable bonds is 3. The van der Waals surface area contributed by atoms with E-state index in [1.165, 1.54) is 0 Å². The van der Waals surface area contributed by atoms with Crippen molar-refractivity contribution in [2.45, 2.75) is 19.1 Å². The van der Waals surface area contributed by atoms with Crippen LogP contribution in [0.5, 0.6) is 11.5 Å². The summed E-state index contributed by atoms with van der Waals surface area (Å²) < 4.78 is 11.4. The number of anilines is 1. The van der Waals surface area contributed by atoms with Crippen LogP contribution in [-0.2, 0) is 0 Å². The van der Waals surface area contributed by atoms with E-state index in [-0.39, 0.29) is 18.1 Å². The van der Waals surface area contributed by atoms with E-state index in [9.17, 15) is 4.79 Å². The van der Waals surface area contributed by atoms with Crippen LogP contribution in [0.4, 0.5) is 5.69 Å². The summed E-state index contributed by atoms with van der Waals surface area (Å²) in [5.74, 6) is 1.47. The third-order valence-corrected chi connectivity index (χ3v) is 5.54. The van der Waals surface area contributed by atoms with E-state index in [1.54, 1.807) is 0 Å². The summed E-state index contributed by atoms with van der Waals surface area (Å²) >= 11 is 0. The van der Waals surface area contributed by atoms with E-state index in [2.05, 4.69) is 24.4 Å². The van der Waals surface area contributed by atoms with Gasteiger partial charge in [-0.05, 0) is 42.3 Å². The fourth-order valence-electron chi connectivity index (χ4n) is 4.03. The van der Waals surface area contributed by atoms with E-state index in [0.717, 1.165) is 22.6 Å². The van der Waals surface area contributed by atoms with Gasteiger partial charge in [0.05, 0.1) is 11.6 Å². The Morgan fingerprint density at radius 1 is 0.931 bits per heavy atom. The molecule has 5 heteroatoms. The minimum absolute atomic E-state index is 0.00981. The molecule has 29 heavy (non-hydrogen) atoms. The lowest BCUT2D eigenvalue weighted by Crippen LogP contribution is -2.44. The molecule has 0 saturated carbocycles. The lowest BCUT2D eigenvalue weighted by Gasteiger charge is -2.42. The highest BCUT2D eigenvalue weighted by Gasteiger charge is 2.36. The SMILES string of the molecule is C[C@@H](c1ccccc1)N1C(=O)c2ccccc2N[C@@H]1c1ccc2c(c1)OCCO2. The molecule has 2 heterocycles. The molecule has 0 fully saturated rings. The minimum atomic E-state index is -0.316. The molecule has 0 spiro atoms. The molecule has 0 radical (unpaired) electrons. The number of benzene rings is 3. The van der Waals surface area contributed by atoms with Crippen LogP contribution in [0.2, 0.25) is 0 Å². The monoisotopic (exact) mass is 386 g/mol. The molecule has 1 amide bonds. The van der Waals surface area contributed by atoms with Gasteiger partial charge >= 0.3 is 0 Å². The third kappa shape index (κ3) is 3.09. The number of ether oxygens (including phenoxy) is 2. The van der Waals surface area contributed by atoms with Crippen LogP contribution >= 0.6 is 0 Å². The molecule has 2 aliphatic rings. The topological polar surface area (TPSA) is 50.8 Å². The average molecular weight is 386 g/mol. The van der Waals surface area contributed by atoms with E-state index in [4.69, 9.17) is 9.47 Å². The summed E-state index contributed by atoms with van der Waals surface area (Å²) in [5, 5.41) is 3.56. The van der Waals surface area contributed by atoms with Crippen molar-refractivity contribution in [3.63, 3.8) is 0 Å². The fourth-order valence-corrected chi connectivity index (χ4v) is 4.03. The van der Waals surface area contributed by atoms with Gasteiger partial charge in [0.25, 0.3) is 5.91 Å². The Kier molecular flexibility index (Phi) is 4.35. The Balaban J connectivity index is 1.60.